The van der Waals surface area contributed by atoms with Gasteiger partial charge in [-0.25, -0.2) is 14.6 Å². The Kier molecular flexibility index (Phi) is 2.79. The van der Waals surface area contributed by atoms with Gasteiger partial charge in [0, 0.05) is 18.7 Å². The molecule has 0 heterocycles. The van der Waals surface area contributed by atoms with Crippen LogP contribution in [-0.2, 0) is 6.61 Å². The van der Waals surface area contributed by atoms with Crippen molar-refractivity contribution in [2.45, 2.75) is 6.61 Å². The number of benzene rings is 1. The molecule has 0 aromatic heterocycles. The first-order valence-corrected chi connectivity index (χ1v) is 3.63. The average Bonchev–Trinajstić information content (AvgIpc) is 2.02. The Morgan fingerprint density at radius 1 is 1.46 bits per heavy atom. The number of nitrogens with two attached hydrogens (primary N) is 1. The van der Waals surface area contributed by atoms with Gasteiger partial charge in [0.2, 0.25) is 0 Å². The fraction of sp³-hybridized carbons (Fsp3) is 0.250. The SMILES string of the molecule is CN(N)c1cc(F)cc(F)c1CO. The highest BCUT2D eigenvalue weighted by molar-refractivity contribution is 5.52. The van der Waals surface area contributed by atoms with Crippen LogP contribution in [0.2, 0.25) is 0 Å². The van der Waals surface area contributed by atoms with Crippen molar-refractivity contribution in [2.75, 3.05) is 12.1 Å². The molecule has 13 heavy (non-hydrogen) atoms. The zero-order valence-corrected chi connectivity index (χ0v) is 7.09. The molecule has 0 fully saturated rings. The van der Waals surface area contributed by atoms with Gasteiger partial charge < -0.3 is 10.1 Å². The maximum atomic E-state index is 13.0. The highest BCUT2D eigenvalue weighted by Gasteiger charge is 2.11. The van der Waals surface area contributed by atoms with Gasteiger partial charge in [-0.05, 0) is 6.07 Å². The standard InChI is InChI=1S/C8H10F2N2O/c1-12(11)8-3-5(9)2-7(10)6(8)4-13/h2-3,13H,4,11H2,1H3. The normalized spacial score (nSPS) is 10.2. The van der Waals surface area contributed by atoms with Crippen molar-refractivity contribution >= 4 is 5.69 Å². The molecule has 0 aliphatic heterocycles. The second-order valence-corrected chi connectivity index (χ2v) is 2.65. The van der Waals surface area contributed by atoms with Gasteiger partial charge in [-0.2, -0.15) is 0 Å². The summed E-state index contributed by atoms with van der Waals surface area (Å²) < 4.78 is 25.7. The summed E-state index contributed by atoms with van der Waals surface area (Å²) in [7, 11) is 1.44. The molecule has 3 nitrogen and oxygen atoms in total. The monoisotopic (exact) mass is 188 g/mol. The molecular weight excluding hydrogens is 178 g/mol. The third kappa shape index (κ3) is 1.93. The fourth-order valence-corrected chi connectivity index (χ4v) is 1.06. The van der Waals surface area contributed by atoms with Crippen molar-refractivity contribution < 1.29 is 13.9 Å². The van der Waals surface area contributed by atoms with Gasteiger partial charge in [0.25, 0.3) is 0 Å². The third-order valence-corrected chi connectivity index (χ3v) is 1.67. The first-order chi connectivity index (χ1) is 6.06. The van der Waals surface area contributed by atoms with E-state index in [0.29, 0.717) is 6.07 Å². The molecule has 3 N–H and O–H groups in total. The van der Waals surface area contributed by atoms with Crippen LogP contribution >= 0.6 is 0 Å². The number of aliphatic hydroxyl groups excluding tert-OH is 1. The van der Waals surface area contributed by atoms with E-state index in [9.17, 15) is 8.78 Å². The molecule has 0 bridgehead atoms. The lowest BCUT2D eigenvalue weighted by molar-refractivity contribution is 0.275. The van der Waals surface area contributed by atoms with Crippen LogP contribution in [0, 0.1) is 11.6 Å². The van der Waals surface area contributed by atoms with Crippen LogP contribution in [0.5, 0.6) is 0 Å². The number of hydrazine groups is 1. The van der Waals surface area contributed by atoms with Crippen LogP contribution in [0.1, 0.15) is 5.56 Å². The summed E-state index contributed by atoms with van der Waals surface area (Å²) in [6, 6.07) is 1.77. The summed E-state index contributed by atoms with van der Waals surface area (Å²) in [4.78, 5) is 0. The number of hydrogen-bond acceptors (Lipinski definition) is 3. The molecule has 0 amide bonds. The first-order valence-electron chi connectivity index (χ1n) is 3.63. The summed E-state index contributed by atoms with van der Waals surface area (Å²) in [6.45, 7) is -0.511. The molecule has 1 aromatic carbocycles. The van der Waals surface area contributed by atoms with Gasteiger partial charge >= 0.3 is 0 Å². The molecule has 0 aliphatic carbocycles. The predicted molar refractivity (Wildman–Crippen MR) is 44.9 cm³/mol. The molecule has 5 heteroatoms. The number of nitrogens with zero attached hydrogens (tertiary/aromatic N) is 1. The molecule has 0 spiro atoms. The molecule has 0 radical (unpaired) electrons. The first kappa shape index (κ1) is 9.88. The van der Waals surface area contributed by atoms with E-state index in [1.54, 1.807) is 0 Å². The Morgan fingerprint density at radius 2 is 2.08 bits per heavy atom. The van der Waals surface area contributed by atoms with Crippen molar-refractivity contribution in [3.05, 3.63) is 29.3 Å². The van der Waals surface area contributed by atoms with Crippen LogP contribution in [0.25, 0.3) is 0 Å². The van der Waals surface area contributed by atoms with Gasteiger partial charge in [0.05, 0.1) is 12.3 Å². The summed E-state index contributed by atoms with van der Waals surface area (Å²) in [5.41, 5.74) is 0.131. The minimum Gasteiger partial charge on any atom is -0.391 e. The summed E-state index contributed by atoms with van der Waals surface area (Å²) in [6.07, 6.45) is 0. The Bertz CT molecular complexity index is 315. The molecule has 0 atom stereocenters. The topological polar surface area (TPSA) is 49.5 Å². The molecule has 0 unspecified atom stereocenters. The van der Waals surface area contributed by atoms with E-state index in [2.05, 4.69) is 0 Å². The van der Waals surface area contributed by atoms with Crippen LogP contribution in [0.15, 0.2) is 12.1 Å². The molecule has 0 saturated carbocycles. The number of halogens is 2. The van der Waals surface area contributed by atoms with Gasteiger partial charge in [-0.3, -0.25) is 0 Å². The average molecular weight is 188 g/mol. The zero-order valence-electron chi connectivity index (χ0n) is 7.09. The lowest BCUT2D eigenvalue weighted by Gasteiger charge is -2.16. The lowest BCUT2D eigenvalue weighted by Crippen LogP contribution is -2.26. The summed E-state index contributed by atoms with van der Waals surface area (Å²) >= 11 is 0. The van der Waals surface area contributed by atoms with E-state index >= 15 is 0 Å². The minimum atomic E-state index is -0.796. The Balaban J connectivity index is 3.29. The van der Waals surface area contributed by atoms with Crippen molar-refractivity contribution in [3.8, 4) is 0 Å². The summed E-state index contributed by atoms with van der Waals surface area (Å²) in [5, 5.41) is 9.85. The highest BCUT2D eigenvalue weighted by Crippen LogP contribution is 2.22. The second-order valence-electron chi connectivity index (χ2n) is 2.65. The minimum absolute atomic E-state index is 0.00796. The van der Waals surface area contributed by atoms with Crippen molar-refractivity contribution in [2.24, 2.45) is 5.84 Å². The fourth-order valence-electron chi connectivity index (χ4n) is 1.06. The summed E-state index contributed by atoms with van der Waals surface area (Å²) in [5.74, 6) is 3.80. The largest absolute Gasteiger partial charge is 0.391 e. The van der Waals surface area contributed by atoms with Gasteiger partial charge in [0.15, 0.2) is 0 Å². The van der Waals surface area contributed by atoms with E-state index in [-0.39, 0.29) is 11.3 Å². The lowest BCUT2D eigenvalue weighted by atomic mass is 10.1. The van der Waals surface area contributed by atoms with Crippen LogP contribution < -0.4 is 10.9 Å². The van der Waals surface area contributed by atoms with E-state index in [0.717, 1.165) is 11.1 Å². The zero-order chi connectivity index (χ0) is 10.0. The maximum absolute atomic E-state index is 13.0. The smallest absolute Gasteiger partial charge is 0.133 e. The highest BCUT2D eigenvalue weighted by atomic mass is 19.1. The third-order valence-electron chi connectivity index (χ3n) is 1.67. The van der Waals surface area contributed by atoms with E-state index < -0.39 is 18.2 Å². The van der Waals surface area contributed by atoms with Crippen molar-refractivity contribution in [3.63, 3.8) is 0 Å². The maximum Gasteiger partial charge on any atom is 0.133 e. The molecule has 1 rings (SSSR count). The van der Waals surface area contributed by atoms with E-state index in [1.165, 1.54) is 7.05 Å². The quantitative estimate of drug-likeness (QED) is 0.532. The van der Waals surface area contributed by atoms with E-state index in [4.69, 9.17) is 10.9 Å². The predicted octanol–water partition coefficient (Wildman–Crippen LogP) is 0.767. The number of aliphatic hydroxyl groups is 1. The van der Waals surface area contributed by atoms with Gasteiger partial charge in [0.1, 0.15) is 11.6 Å². The van der Waals surface area contributed by atoms with E-state index in [1.807, 2.05) is 0 Å². The number of anilines is 1. The van der Waals surface area contributed by atoms with Crippen molar-refractivity contribution in [1.82, 2.24) is 0 Å². The molecule has 0 aliphatic rings. The van der Waals surface area contributed by atoms with Gasteiger partial charge in [-0.1, -0.05) is 0 Å². The van der Waals surface area contributed by atoms with Crippen molar-refractivity contribution in [1.29, 1.82) is 0 Å². The number of hydrogen-bond donors (Lipinski definition) is 2. The molecule has 0 saturated heterocycles. The van der Waals surface area contributed by atoms with Crippen LogP contribution in [0.3, 0.4) is 0 Å². The van der Waals surface area contributed by atoms with Gasteiger partial charge in [-0.15, -0.1) is 0 Å². The number of rotatable bonds is 2. The van der Waals surface area contributed by atoms with Crippen LogP contribution in [-0.4, -0.2) is 12.2 Å². The Labute approximate surface area is 74.4 Å². The Morgan fingerprint density at radius 3 is 2.54 bits per heavy atom. The molecule has 72 valence electrons. The molecule has 1 aromatic rings. The molecular formula is C8H10F2N2O. The second kappa shape index (κ2) is 3.68. The Hall–Kier alpha value is -1.20. The van der Waals surface area contributed by atoms with Crippen LogP contribution in [0.4, 0.5) is 14.5 Å².